The maximum Gasteiger partial charge on any atom is 0.175 e. The minimum atomic E-state index is 0.249. The SMILES string of the molecule is CCOc1cc2c(cc1CSc1nnc(SCC)s1)OC(C)C2. The zero-order valence-electron chi connectivity index (χ0n) is 13.5. The summed E-state index contributed by atoms with van der Waals surface area (Å²) < 4.78 is 13.7. The van der Waals surface area contributed by atoms with E-state index in [1.54, 1.807) is 34.9 Å². The summed E-state index contributed by atoms with van der Waals surface area (Å²) in [5.41, 5.74) is 2.40. The van der Waals surface area contributed by atoms with Gasteiger partial charge in [0.2, 0.25) is 0 Å². The van der Waals surface area contributed by atoms with Crippen molar-refractivity contribution in [2.45, 2.75) is 47.7 Å². The highest BCUT2D eigenvalue weighted by atomic mass is 32.2. The fourth-order valence-corrected chi connectivity index (χ4v) is 5.36. The summed E-state index contributed by atoms with van der Waals surface area (Å²) in [6, 6.07) is 4.26. The third kappa shape index (κ3) is 4.14. The quantitative estimate of drug-likeness (QED) is 0.662. The number of ether oxygens (including phenoxy) is 2. The van der Waals surface area contributed by atoms with Crippen LogP contribution in [0, 0.1) is 0 Å². The zero-order chi connectivity index (χ0) is 16.2. The highest BCUT2D eigenvalue weighted by molar-refractivity contribution is 8.02. The molecule has 0 radical (unpaired) electrons. The first-order valence-corrected chi connectivity index (χ1v) is 10.5. The van der Waals surface area contributed by atoms with Gasteiger partial charge in [-0.3, -0.25) is 0 Å². The lowest BCUT2D eigenvalue weighted by atomic mass is 10.1. The summed E-state index contributed by atoms with van der Waals surface area (Å²) in [5, 5.41) is 8.45. The molecule has 0 fully saturated rings. The van der Waals surface area contributed by atoms with E-state index in [-0.39, 0.29) is 6.10 Å². The number of aromatic nitrogens is 2. The molecule has 1 aromatic carbocycles. The summed E-state index contributed by atoms with van der Waals surface area (Å²) in [6.07, 6.45) is 1.20. The molecule has 0 N–H and O–H groups in total. The molecule has 1 aliphatic rings. The molecule has 0 spiro atoms. The maximum absolute atomic E-state index is 5.88. The Morgan fingerprint density at radius 2 is 2.04 bits per heavy atom. The Balaban J connectivity index is 1.74. The van der Waals surface area contributed by atoms with E-state index in [1.165, 1.54) is 5.56 Å². The predicted octanol–water partition coefficient (Wildman–Crippen LogP) is 4.66. The summed E-state index contributed by atoms with van der Waals surface area (Å²) in [6.45, 7) is 6.91. The van der Waals surface area contributed by atoms with Crippen molar-refractivity contribution < 1.29 is 9.47 Å². The van der Waals surface area contributed by atoms with E-state index in [1.807, 2.05) is 6.92 Å². The topological polar surface area (TPSA) is 44.2 Å². The molecule has 2 heterocycles. The van der Waals surface area contributed by atoms with Gasteiger partial charge in [0.25, 0.3) is 0 Å². The van der Waals surface area contributed by atoms with Crippen LogP contribution in [0.3, 0.4) is 0 Å². The zero-order valence-corrected chi connectivity index (χ0v) is 15.9. The molecular formula is C16H20N2O2S3. The molecule has 2 aromatic rings. The Morgan fingerprint density at radius 3 is 2.78 bits per heavy atom. The van der Waals surface area contributed by atoms with Crippen LogP contribution in [0.2, 0.25) is 0 Å². The molecule has 1 atom stereocenters. The van der Waals surface area contributed by atoms with Crippen LogP contribution >= 0.6 is 34.9 Å². The van der Waals surface area contributed by atoms with Crippen LogP contribution in [0.1, 0.15) is 31.9 Å². The van der Waals surface area contributed by atoms with Gasteiger partial charge in [0.05, 0.1) is 6.61 Å². The van der Waals surface area contributed by atoms with E-state index in [0.29, 0.717) is 6.61 Å². The normalized spacial score (nSPS) is 16.2. The molecule has 0 aliphatic carbocycles. The molecule has 124 valence electrons. The van der Waals surface area contributed by atoms with Gasteiger partial charge in [0, 0.05) is 23.3 Å². The molecule has 7 heteroatoms. The molecule has 0 amide bonds. The van der Waals surface area contributed by atoms with E-state index in [9.17, 15) is 0 Å². The standard InChI is InChI=1S/C16H20N2O2S3/c1-4-19-13-7-11-6-10(3)20-14(11)8-12(13)9-22-16-18-17-15(23-16)21-5-2/h7-8,10H,4-6,9H2,1-3H3. The molecule has 23 heavy (non-hydrogen) atoms. The van der Waals surface area contributed by atoms with Gasteiger partial charge < -0.3 is 9.47 Å². The van der Waals surface area contributed by atoms with Gasteiger partial charge in [-0.15, -0.1) is 10.2 Å². The molecule has 4 nitrogen and oxygen atoms in total. The first-order valence-electron chi connectivity index (χ1n) is 7.74. The average molecular weight is 369 g/mol. The molecule has 0 saturated carbocycles. The Hall–Kier alpha value is -0.920. The number of hydrogen-bond donors (Lipinski definition) is 0. The van der Waals surface area contributed by atoms with E-state index in [4.69, 9.17) is 9.47 Å². The highest BCUT2D eigenvalue weighted by Crippen LogP contribution is 2.38. The van der Waals surface area contributed by atoms with E-state index in [2.05, 4.69) is 36.2 Å². The molecule has 0 saturated heterocycles. The first kappa shape index (κ1) is 16.9. The molecule has 1 unspecified atom stereocenters. The monoisotopic (exact) mass is 368 g/mol. The lowest BCUT2D eigenvalue weighted by Crippen LogP contribution is -2.05. The van der Waals surface area contributed by atoms with Crippen LogP contribution < -0.4 is 9.47 Å². The largest absolute Gasteiger partial charge is 0.494 e. The van der Waals surface area contributed by atoms with Crippen LogP contribution in [-0.2, 0) is 12.2 Å². The van der Waals surface area contributed by atoms with Crippen molar-refractivity contribution in [1.82, 2.24) is 10.2 Å². The number of hydrogen-bond acceptors (Lipinski definition) is 7. The van der Waals surface area contributed by atoms with Crippen molar-refractivity contribution in [2.24, 2.45) is 0 Å². The Bertz CT molecular complexity index is 675. The van der Waals surface area contributed by atoms with Crippen LogP contribution in [0.5, 0.6) is 11.5 Å². The lowest BCUT2D eigenvalue weighted by molar-refractivity contribution is 0.254. The average Bonchev–Trinajstić information content (AvgIpc) is 3.11. The van der Waals surface area contributed by atoms with Crippen LogP contribution in [0.15, 0.2) is 20.8 Å². The number of fused-ring (bicyclic) bond motifs is 1. The van der Waals surface area contributed by atoms with Gasteiger partial charge in [-0.05, 0) is 31.7 Å². The van der Waals surface area contributed by atoms with Gasteiger partial charge in [-0.25, -0.2) is 0 Å². The molecular weight excluding hydrogens is 348 g/mol. The van der Waals surface area contributed by atoms with Crippen LogP contribution in [0.25, 0.3) is 0 Å². The van der Waals surface area contributed by atoms with Crippen molar-refractivity contribution in [3.63, 3.8) is 0 Å². The fraction of sp³-hybridized carbons (Fsp3) is 0.500. The van der Waals surface area contributed by atoms with Crippen molar-refractivity contribution in [3.8, 4) is 11.5 Å². The Kier molecular flexibility index (Phi) is 5.71. The lowest BCUT2D eigenvalue weighted by Gasteiger charge is -2.11. The van der Waals surface area contributed by atoms with Gasteiger partial charge in [-0.1, -0.05) is 41.8 Å². The van der Waals surface area contributed by atoms with Crippen LogP contribution in [-0.4, -0.2) is 28.7 Å². The van der Waals surface area contributed by atoms with Crippen molar-refractivity contribution in [2.75, 3.05) is 12.4 Å². The minimum Gasteiger partial charge on any atom is -0.494 e. The van der Waals surface area contributed by atoms with Gasteiger partial charge in [0.15, 0.2) is 8.68 Å². The summed E-state index contributed by atoms with van der Waals surface area (Å²) in [4.78, 5) is 0. The van der Waals surface area contributed by atoms with Crippen molar-refractivity contribution in [3.05, 3.63) is 23.3 Å². The third-order valence-electron chi connectivity index (χ3n) is 3.39. The van der Waals surface area contributed by atoms with Crippen LogP contribution in [0.4, 0.5) is 0 Å². The van der Waals surface area contributed by atoms with E-state index < -0.39 is 0 Å². The number of thioether (sulfide) groups is 2. The van der Waals surface area contributed by atoms with Crippen molar-refractivity contribution in [1.29, 1.82) is 0 Å². The fourth-order valence-electron chi connectivity index (χ4n) is 2.46. The van der Waals surface area contributed by atoms with Gasteiger partial charge in [0.1, 0.15) is 17.6 Å². The Morgan fingerprint density at radius 1 is 1.26 bits per heavy atom. The van der Waals surface area contributed by atoms with Crippen molar-refractivity contribution >= 4 is 34.9 Å². The number of benzene rings is 1. The minimum absolute atomic E-state index is 0.249. The van der Waals surface area contributed by atoms with Gasteiger partial charge >= 0.3 is 0 Å². The second-order valence-electron chi connectivity index (χ2n) is 5.19. The summed E-state index contributed by atoms with van der Waals surface area (Å²) >= 11 is 5.09. The highest BCUT2D eigenvalue weighted by Gasteiger charge is 2.22. The first-order chi connectivity index (χ1) is 11.2. The predicted molar refractivity (Wildman–Crippen MR) is 97.3 cm³/mol. The summed E-state index contributed by atoms with van der Waals surface area (Å²) in [5.74, 6) is 3.79. The molecule has 0 bridgehead atoms. The molecule has 3 rings (SSSR count). The molecule has 1 aromatic heterocycles. The number of nitrogens with zero attached hydrogens (tertiary/aromatic N) is 2. The second-order valence-corrected chi connectivity index (χ2v) is 8.90. The second kappa shape index (κ2) is 7.77. The summed E-state index contributed by atoms with van der Waals surface area (Å²) in [7, 11) is 0. The number of rotatable bonds is 7. The maximum atomic E-state index is 5.88. The van der Waals surface area contributed by atoms with Gasteiger partial charge in [-0.2, -0.15) is 0 Å². The van der Waals surface area contributed by atoms with E-state index >= 15 is 0 Å². The molecule has 1 aliphatic heterocycles. The van der Waals surface area contributed by atoms with E-state index in [0.717, 1.165) is 43.7 Å². The third-order valence-corrected chi connectivity index (χ3v) is 6.51. The Labute approximate surface area is 149 Å². The smallest absolute Gasteiger partial charge is 0.175 e.